The standard InChI is InChI=1S/C35H45N7O2/c1-3-22-40(23-4-2)30-14-16-31(17-15-30)42(35(44)28-8-6-5-7-9-28)24-27-10-12-29(13-11-27)34(43)41(25-32-36-18-19-37-32)26-33-38-20-21-39-33/h5-13,18-21,30-31H,3-4,14-17,22-26H2,1-2H3,(H,36,37)(H,38,39). The number of carbonyl (C=O) groups is 2. The van der Waals surface area contributed by atoms with E-state index in [-0.39, 0.29) is 17.9 Å². The third-order valence-electron chi connectivity index (χ3n) is 8.56. The van der Waals surface area contributed by atoms with Gasteiger partial charge in [0.2, 0.25) is 0 Å². The molecule has 5 rings (SSSR count). The molecular weight excluding hydrogens is 550 g/mol. The summed E-state index contributed by atoms with van der Waals surface area (Å²) in [6, 6.07) is 18.1. The zero-order chi connectivity index (χ0) is 30.7. The van der Waals surface area contributed by atoms with E-state index in [1.165, 1.54) is 12.8 Å². The van der Waals surface area contributed by atoms with E-state index in [0.29, 0.717) is 48.5 Å². The van der Waals surface area contributed by atoms with Gasteiger partial charge in [-0.1, -0.05) is 44.2 Å². The molecule has 2 N–H and O–H groups in total. The number of hydrogen-bond acceptors (Lipinski definition) is 5. The highest BCUT2D eigenvalue weighted by molar-refractivity contribution is 5.95. The van der Waals surface area contributed by atoms with Crippen LogP contribution in [-0.4, -0.2) is 71.6 Å². The van der Waals surface area contributed by atoms with Crippen molar-refractivity contribution in [2.75, 3.05) is 13.1 Å². The normalized spacial score (nSPS) is 16.6. The highest BCUT2D eigenvalue weighted by atomic mass is 16.2. The first kappa shape index (κ1) is 31.2. The van der Waals surface area contributed by atoms with E-state index >= 15 is 0 Å². The number of hydrogen-bond donors (Lipinski definition) is 2. The summed E-state index contributed by atoms with van der Waals surface area (Å²) in [5.74, 6) is 1.37. The van der Waals surface area contributed by atoms with E-state index in [1.54, 1.807) is 29.7 Å². The molecule has 0 unspecified atom stereocenters. The molecule has 9 nitrogen and oxygen atoms in total. The molecule has 0 aliphatic heterocycles. The molecule has 44 heavy (non-hydrogen) atoms. The third-order valence-corrected chi connectivity index (χ3v) is 8.56. The Hall–Kier alpha value is -4.24. The summed E-state index contributed by atoms with van der Waals surface area (Å²) >= 11 is 0. The van der Waals surface area contributed by atoms with Crippen molar-refractivity contribution >= 4 is 11.8 Å². The van der Waals surface area contributed by atoms with E-state index in [0.717, 1.165) is 44.3 Å². The second-order valence-corrected chi connectivity index (χ2v) is 11.7. The van der Waals surface area contributed by atoms with Crippen LogP contribution in [-0.2, 0) is 19.6 Å². The molecule has 0 saturated heterocycles. The van der Waals surface area contributed by atoms with E-state index < -0.39 is 0 Å². The van der Waals surface area contributed by atoms with Crippen LogP contribution in [0.15, 0.2) is 79.4 Å². The summed E-state index contributed by atoms with van der Waals surface area (Å²) < 4.78 is 0. The van der Waals surface area contributed by atoms with Crippen LogP contribution in [0.1, 0.15) is 90.3 Å². The number of imidazole rings is 2. The minimum absolute atomic E-state index is 0.0660. The predicted octanol–water partition coefficient (Wildman–Crippen LogP) is 6.05. The summed E-state index contributed by atoms with van der Waals surface area (Å²) in [7, 11) is 0. The summed E-state index contributed by atoms with van der Waals surface area (Å²) in [5.41, 5.74) is 2.31. The Bertz CT molecular complexity index is 1370. The number of rotatable bonds is 14. The van der Waals surface area contributed by atoms with Crippen LogP contribution in [0.3, 0.4) is 0 Å². The van der Waals surface area contributed by atoms with Crippen molar-refractivity contribution in [2.24, 2.45) is 0 Å². The molecule has 2 amide bonds. The first-order chi connectivity index (χ1) is 21.6. The number of benzene rings is 2. The maximum absolute atomic E-state index is 13.9. The van der Waals surface area contributed by atoms with Gasteiger partial charge in [-0.05, 0) is 81.4 Å². The highest BCUT2D eigenvalue weighted by Gasteiger charge is 2.31. The van der Waals surface area contributed by atoms with Crippen molar-refractivity contribution in [1.29, 1.82) is 0 Å². The molecule has 2 heterocycles. The molecular formula is C35H45N7O2. The maximum atomic E-state index is 13.9. The average Bonchev–Trinajstić information content (AvgIpc) is 3.78. The summed E-state index contributed by atoms with van der Waals surface area (Å²) in [6.07, 6.45) is 13.4. The van der Waals surface area contributed by atoms with Gasteiger partial charge in [-0.15, -0.1) is 0 Å². The van der Waals surface area contributed by atoms with Crippen molar-refractivity contribution in [3.8, 4) is 0 Å². The predicted molar refractivity (Wildman–Crippen MR) is 172 cm³/mol. The van der Waals surface area contributed by atoms with Gasteiger partial charge in [-0.2, -0.15) is 0 Å². The number of H-pyrrole nitrogens is 2. The number of nitrogens with one attached hydrogen (secondary N) is 2. The fourth-order valence-electron chi connectivity index (χ4n) is 6.36. The number of carbonyl (C=O) groups excluding carboxylic acids is 2. The van der Waals surface area contributed by atoms with Crippen LogP contribution < -0.4 is 0 Å². The average molecular weight is 596 g/mol. The van der Waals surface area contributed by atoms with Gasteiger partial charge in [0.05, 0.1) is 13.1 Å². The van der Waals surface area contributed by atoms with Crippen LogP contribution in [0, 0.1) is 0 Å². The fourth-order valence-corrected chi connectivity index (χ4v) is 6.36. The Morgan fingerprint density at radius 1 is 0.705 bits per heavy atom. The summed E-state index contributed by atoms with van der Waals surface area (Å²) in [5, 5.41) is 0. The van der Waals surface area contributed by atoms with Crippen molar-refractivity contribution < 1.29 is 9.59 Å². The third kappa shape index (κ3) is 8.02. The van der Waals surface area contributed by atoms with E-state index in [9.17, 15) is 9.59 Å². The van der Waals surface area contributed by atoms with Crippen molar-refractivity contribution in [2.45, 2.75) is 84.1 Å². The molecule has 9 heteroatoms. The van der Waals surface area contributed by atoms with Crippen molar-refractivity contribution in [1.82, 2.24) is 34.6 Å². The van der Waals surface area contributed by atoms with Gasteiger partial charge in [-0.25, -0.2) is 9.97 Å². The molecule has 232 valence electrons. The SMILES string of the molecule is CCCN(CCC)C1CCC(N(Cc2ccc(C(=O)N(Cc3ncc[nH]3)Cc3ncc[nH]3)cc2)C(=O)c2ccccc2)CC1. The first-order valence-corrected chi connectivity index (χ1v) is 16.0. The minimum Gasteiger partial charge on any atom is -0.347 e. The second-order valence-electron chi connectivity index (χ2n) is 11.7. The van der Waals surface area contributed by atoms with Crippen molar-refractivity contribution in [3.05, 3.63) is 108 Å². The molecule has 1 aliphatic carbocycles. The van der Waals surface area contributed by atoms with Crippen LogP contribution in [0.5, 0.6) is 0 Å². The van der Waals surface area contributed by atoms with E-state index in [1.807, 2.05) is 54.6 Å². The van der Waals surface area contributed by atoms with Gasteiger partial charge in [-0.3, -0.25) is 9.59 Å². The lowest BCUT2D eigenvalue weighted by Gasteiger charge is -2.41. The molecule has 0 radical (unpaired) electrons. The quantitative estimate of drug-likeness (QED) is 0.185. The number of aromatic nitrogens is 4. The highest BCUT2D eigenvalue weighted by Crippen LogP contribution is 2.29. The van der Waals surface area contributed by atoms with Crippen LogP contribution >= 0.6 is 0 Å². The molecule has 1 saturated carbocycles. The van der Waals surface area contributed by atoms with Crippen molar-refractivity contribution in [3.63, 3.8) is 0 Å². The fraction of sp³-hybridized carbons (Fsp3) is 0.429. The molecule has 2 aromatic carbocycles. The van der Waals surface area contributed by atoms with Gasteiger partial charge >= 0.3 is 0 Å². The second kappa shape index (κ2) is 15.5. The number of nitrogens with zero attached hydrogens (tertiary/aromatic N) is 5. The van der Waals surface area contributed by atoms with Crippen LogP contribution in [0.4, 0.5) is 0 Å². The van der Waals surface area contributed by atoms with E-state index in [2.05, 4.69) is 43.6 Å². The molecule has 0 bridgehead atoms. The van der Waals surface area contributed by atoms with Gasteiger partial charge in [0.25, 0.3) is 11.8 Å². The Morgan fingerprint density at radius 3 is 1.77 bits per heavy atom. The van der Waals surface area contributed by atoms with Gasteiger partial charge in [0.1, 0.15) is 11.6 Å². The minimum atomic E-state index is -0.108. The van der Waals surface area contributed by atoms with Gasteiger partial charge < -0.3 is 24.7 Å². The Labute approximate surface area is 260 Å². The lowest BCUT2D eigenvalue weighted by atomic mass is 9.88. The molecule has 1 fully saturated rings. The molecule has 0 atom stereocenters. The zero-order valence-electron chi connectivity index (χ0n) is 26.0. The zero-order valence-corrected chi connectivity index (χ0v) is 26.0. The lowest BCUT2D eigenvalue weighted by Crippen LogP contribution is -2.46. The van der Waals surface area contributed by atoms with Gasteiger partial charge in [0.15, 0.2) is 0 Å². The Balaban J connectivity index is 1.30. The van der Waals surface area contributed by atoms with Gasteiger partial charge in [0, 0.05) is 54.5 Å². The van der Waals surface area contributed by atoms with E-state index in [4.69, 9.17) is 0 Å². The number of aromatic amines is 2. The largest absolute Gasteiger partial charge is 0.347 e. The Kier molecular flexibility index (Phi) is 11.0. The summed E-state index contributed by atoms with van der Waals surface area (Å²) in [6.45, 7) is 7.97. The maximum Gasteiger partial charge on any atom is 0.254 e. The topological polar surface area (TPSA) is 101 Å². The smallest absolute Gasteiger partial charge is 0.254 e. The van der Waals surface area contributed by atoms with Crippen LogP contribution in [0.25, 0.3) is 0 Å². The molecule has 4 aromatic rings. The molecule has 2 aromatic heterocycles. The van der Waals surface area contributed by atoms with Crippen LogP contribution in [0.2, 0.25) is 0 Å². The molecule has 0 spiro atoms. The number of amides is 2. The summed E-state index contributed by atoms with van der Waals surface area (Å²) in [4.78, 5) is 48.7. The first-order valence-electron chi connectivity index (χ1n) is 16.0. The monoisotopic (exact) mass is 595 g/mol. The molecule has 1 aliphatic rings. The Morgan fingerprint density at radius 2 is 1.25 bits per heavy atom. The lowest BCUT2D eigenvalue weighted by molar-refractivity contribution is 0.0536.